The Morgan fingerprint density at radius 1 is 0.462 bits per heavy atom. The van der Waals surface area contributed by atoms with Gasteiger partial charge in [-0.05, 0) is 87.3 Å². The van der Waals surface area contributed by atoms with Gasteiger partial charge in [-0.2, -0.15) is 0 Å². The smallest absolute Gasteiger partial charge is 0.144 e. The predicted molar refractivity (Wildman–Crippen MR) is 215 cm³/mol. The molecule has 2 aromatic heterocycles. The van der Waals surface area contributed by atoms with E-state index in [1.807, 2.05) is 0 Å². The Labute approximate surface area is 341 Å². The average molecular weight is 695 g/mol. The topological polar surface area (TPSA) is 29.5 Å². The minimum atomic E-state index is -1.16. The van der Waals surface area contributed by atoms with Crippen molar-refractivity contribution in [1.82, 2.24) is 0 Å². The van der Waals surface area contributed by atoms with Crippen molar-refractivity contribution in [3.05, 3.63) is 186 Å². The molecule has 0 bridgehead atoms. The minimum absolute atomic E-state index is 0.169. The molecule has 52 heavy (non-hydrogen) atoms. The second kappa shape index (κ2) is 11.3. The van der Waals surface area contributed by atoms with Gasteiger partial charge in [-0.15, -0.1) is 0 Å². The van der Waals surface area contributed by atoms with Crippen LogP contribution in [-0.2, 0) is 6.42 Å². The zero-order chi connectivity index (χ0) is 59.4. The first-order valence-corrected chi connectivity index (χ1v) is 15.4. The lowest BCUT2D eigenvalue weighted by molar-refractivity contribution is 0.664. The molecular formula is C49H31NO2. The SMILES string of the molecule is [2H]c1c([2H])c([2H])c(-c2c([2H])c([2H])c(N(c3c([2H])c([2H])c([2H])c4c3Cc3c([2H])c([2H])c([2H])c([2H])c3-4)c3c([2H])c([2H])c4oc5c(-c6c([2H])c([2H])c([2H])c([2H])c6[2H])c6c(oc7c([2H])c([2H])c([2H])c([2H])c76)c([2H])c5c4c3[2H])c([2H])c2[2H])c([2H])c1[2H]. The summed E-state index contributed by atoms with van der Waals surface area (Å²) >= 11 is 0. The van der Waals surface area contributed by atoms with Gasteiger partial charge in [-0.3, -0.25) is 0 Å². The van der Waals surface area contributed by atoms with Crippen molar-refractivity contribution >= 4 is 60.9 Å². The molecule has 0 N–H and O–H groups in total. The van der Waals surface area contributed by atoms with Crippen molar-refractivity contribution in [3.63, 3.8) is 0 Å². The Hall–Kier alpha value is -6.84. The summed E-state index contributed by atoms with van der Waals surface area (Å²) in [4.78, 5) is 0.596. The van der Waals surface area contributed by atoms with Crippen LogP contribution in [0.3, 0.4) is 0 Å². The van der Waals surface area contributed by atoms with Crippen molar-refractivity contribution in [2.75, 3.05) is 4.90 Å². The number of benzene rings is 8. The third kappa shape index (κ3) is 4.39. The molecule has 0 amide bonds. The molecule has 3 nitrogen and oxygen atoms in total. The number of nitrogens with zero attached hydrogens (tertiary/aromatic N) is 1. The molecule has 2 heterocycles. The minimum Gasteiger partial charge on any atom is -0.456 e. The Balaban J connectivity index is 1.37. The maximum Gasteiger partial charge on any atom is 0.144 e. The van der Waals surface area contributed by atoms with E-state index in [0.717, 1.165) is 0 Å². The summed E-state index contributed by atoms with van der Waals surface area (Å²) in [6.07, 6.45) is -0.613. The van der Waals surface area contributed by atoms with Gasteiger partial charge in [0.2, 0.25) is 0 Å². The highest BCUT2D eigenvalue weighted by Gasteiger charge is 2.26. The van der Waals surface area contributed by atoms with Gasteiger partial charge in [-0.1, -0.05) is 127 Å². The monoisotopic (exact) mass is 694 g/mol. The predicted octanol–water partition coefficient (Wildman–Crippen LogP) is 13.9. The Morgan fingerprint density at radius 2 is 1.13 bits per heavy atom. The van der Waals surface area contributed by atoms with Crippen LogP contribution in [0.5, 0.6) is 0 Å². The highest BCUT2D eigenvalue weighted by Crippen LogP contribution is 2.49. The molecule has 11 rings (SSSR count). The van der Waals surface area contributed by atoms with E-state index in [2.05, 4.69) is 0 Å². The van der Waals surface area contributed by atoms with Gasteiger partial charge in [0.05, 0.1) is 45.4 Å². The number of anilines is 3. The van der Waals surface area contributed by atoms with E-state index in [1.54, 1.807) is 0 Å². The fourth-order valence-electron chi connectivity index (χ4n) is 6.41. The number of hydrogen-bond donors (Lipinski definition) is 0. The summed E-state index contributed by atoms with van der Waals surface area (Å²) in [5, 5.41) is -2.15. The Kier molecular flexibility index (Phi) is 2.71. The summed E-state index contributed by atoms with van der Waals surface area (Å²) in [7, 11) is 0. The maximum absolute atomic E-state index is 10.2. The van der Waals surface area contributed by atoms with Crippen LogP contribution in [0, 0.1) is 0 Å². The Bertz CT molecular complexity index is 4590. The van der Waals surface area contributed by atoms with Gasteiger partial charge in [0, 0.05) is 44.9 Å². The fourth-order valence-corrected chi connectivity index (χ4v) is 6.41. The second-order valence-corrected chi connectivity index (χ2v) is 11.4. The number of fused-ring (bicyclic) bond motifs is 9. The van der Waals surface area contributed by atoms with Crippen LogP contribution in [0.4, 0.5) is 17.1 Å². The van der Waals surface area contributed by atoms with E-state index in [0.29, 0.717) is 4.90 Å². The zero-order valence-electron chi connectivity index (χ0n) is 55.0. The fraction of sp³-hybridized carbons (Fsp3) is 0.0204. The first-order chi connectivity index (χ1) is 37.9. The first-order valence-electron chi connectivity index (χ1n) is 29.9. The van der Waals surface area contributed by atoms with Crippen molar-refractivity contribution < 1.29 is 48.6 Å². The van der Waals surface area contributed by atoms with Crippen molar-refractivity contribution in [1.29, 1.82) is 0 Å². The normalized spacial score (nSPS) is 20.0. The van der Waals surface area contributed by atoms with Crippen LogP contribution in [0.2, 0.25) is 0 Å². The van der Waals surface area contributed by atoms with Crippen molar-refractivity contribution in [3.8, 4) is 33.4 Å². The highest BCUT2D eigenvalue weighted by molar-refractivity contribution is 6.23. The molecule has 0 radical (unpaired) electrons. The molecule has 0 spiro atoms. The van der Waals surface area contributed by atoms with E-state index in [1.165, 1.54) is 0 Å². The first kappa shape index (κ1) is 12.4. The third-order valence-corrected chi connectivity index (χ3v) is 8.60. The molecule has 1 aliphatic carbocycles. The molecule has 0 aliphatic heterocycles. The van der Waals surface area contributed by atoms with Crippen LogP contribution in [0.1, 0.15) is 50.9 Å². The van der Waals surface area contributed by atoms with Gasteiger partial charge in [-0.25, -0.2) is 0 Å². The van der Waals surface area contributed by atoms with Crippen LogP contribution >= 0.6 is 0 Å². The standard InChI is InChI=1S/C49H31NO2/c1-3-12-31(13-4-1)32-22-24-35(25-23-32)50(43-20-11-19-38-37-17-8-7-16-34(37)28-40(38)43)36-26-27-45-41(29-36)42-30-46-48(39-18-9-10-21-44(39)51-46)47(49(42)52-45)33-14-5-2-6-15-33/h1-27,29-30H,28H2/i1D,2D,3D,4D,5D,6D,7D,8D,9D,10D,11D,12D,13D,14D,15D,16D,17D,18D,19D,20D,21D,22D,23D,24D,25D,26D,27D,29D,30D. The van der Waals surface area contributed by atoms with Gasteiger partial charge < -0.3 is 13.7 Å². The lowest BCUT2D eigenvalue weighted by Crippen LogP contribution is -2.12. The summed E-state index contributed by atoms with van der Waals surface area (Å²) in [5.41, 5.74) is -9.37. The second-order valence-electron chi connectivity index (χ2n) is 11.4. The Morgan fingerprint density at radius 3 is 1.98 bits per heavy atom. The quantitative estimate of drug-likeness (QED) is 0.180. The number of hydrogen-bond acceptors (Lipinski definition) is 3. The molecule has 8 aromatic carbocycles. The van der Waals surface area contributed by atoms with Crippen molar-refractivity contribution in [2.24, 2.45) is 0 Å². The van der Waals surface area contributed by atoms with Gasteiger partial charge in [0.1, 0.15) is 22.3 Å². The maximum atomic E-state index is 10.2. The lowest BCUT2D eigenvalue weighted by Gasteiger charge is -2.28. The van der Waals surface area contributed by atoms with Gasteiger partial charge in [0.15, 0.2) is 0 Å². The molecule has 10 aromatic rings. The molecular weight excluding hydrogens is 635 g/mol. The van der Waals surface area contributed by atoms with Crippen LogP contribution in [0.25, 0.3) is 77.3 Å². The lowest BCUT2D eigenvalue weighted by atomic mass is 9.96. The zero-order valence-corrected chi connectivity index (χ0v) is 26.0. The third-order valence-electron chi connectivity index (χ3n) is 8.60. The average Bonchev–Trinajstić information content (AvgIpc) is 2.06. The molecule has 0 saturated heterocycles. The molecule has 244 valence electrons. The largest absolute Gasteiger partial charge is 0.456 e. The van der Waals surface area contributed by atoms with Crippen molar-refractivity contribution in [2.45, 2.75) is 6.42 Å². The summed E-state index contributed by atoms with van der Waals surface area (Å²) in [6, 6.07) is -26.2. The summed E-state index contributed by atoms with van der Waals surface area (Å²) in [5.74, 6) is 0. The van der Waals surface area contributed by atoms with E-state index in [-0.39, 0.29) is 22.3 Å². The van der Waals surface area contributed by atoms with E-state index in [4.69, 9.17) is 34.9 Å². The summed E-state index contributed by atoms with van der Waals surface area (Å²) < 4.78 is 273. The van der Waals surface area contributed by atoms with Gasteiger partial charge >= 0.3 is 0 Å². The van der Waals surface area contributed by atoms with Gasteiger partial charge in [0.25, 0.3) is 0 Å². The molecule has 0 atom stereocenters. The molecule has 0 saturated carbocycles. The number of rotatable bonds is 5. The van der Waals surface area contributed by atoms with Crippen LogP contribution < -0.4 is 4.90 Å². The number of furan rings is 2. The highest BCUT2D eigenvalue weighted by atomic mass is 16.3. The molecule has 3 heteroatoms. The van der Waals surface area contributed by atoms with Crippen LogP contribution in [0.15, 0.2) is 184 Å². The van der Waals surface area contributed by atoms with E-state index < -0.39 is 265 Å². The van der Waals surface area contributed by atoms with Crippen LogP contribution in [-0.4, -0.2) is 0 Å². The number of para-hydroxylation sites is 1. The molecule has 0 unspecified atom stereocenters. The molecule has 1 aliphatic rings. The molecule has 0 fully saturated rings. The van der Waals surface area contributed by atoms with E-state index >= 15 is 0 Å². The summed E-state index contributed by atoms with van der Waals surface area (Å²) in [6.45, 7) is 0. The van der Waals surface area contributed by atoms with E-state index in [9.17, 15) is 13.7 Å².